The third kappa shape index (κ3) is 3.87. The van der Waals surface area contributed by atoms with Crippen LogP contribution in [-0.4, -0.2) is 37.0 Å². The van der Waals surface area contributed by atoms with Gasteiger partial charge in [-0.3, -0.25) is 19.8 Å². The van der Waals surface area contributed by atoms with Gasteiger partial charge in [-0.05, 0) is 86.5 Å². The number of rotatable bonds is 6. The van der Waals surface area contributed by atoms with Gasteiger partial charge in [-0.15, -0.1) is 11.6 Å². The molecular weight excluding hydrogens is 576 g/mol. The summed E-state index contributed by atoms with van der Waals surface area (Å²) in [6.07, 6.45) is 5.69. The van der Waals surface area contributed by atoms with E-state index in [4.69, 9.17) is 22.4 Å². The normalized spacial score (nSPS) is 30.4. The van der Waals surface area contributed by atoms with Crippen molar-refractivity contribution in [1.29, 1.82) is 0 Å². The van der Waals surface area contributed by atoms with Crippen molar-refractivity contribution in [3.63, 3.8) is 0 Å². The molecule has 0 saturated heterocycles. The standard InChI is InChI=1S/C34H41ClN6O3/c1-19(2)28-37-26-11-7-5-9-24(26)29(42)40(28)39-31(44)33(35,32-16-21-13-22(17-32)15-23(14-21)18-32)34(20(3)4)38-27-12-8-6-10-25(27)30(43)41(34)36/h5-12,19-23,38H,13-18,36H2,1-4H3,(H,39,44). The first-order valence-electron chi connectivity index (χ1n) is 15.9. The number of halogens is 1. The Morgan fingerprint density at radius 1 is 1.00 bits per heavy atom. The summed E-state index contributed by atoms with van der Waals surface area (Å²) in [6, 6.07) is 14.3. The lowest BCUT2D eigenvalue weighted by atomic mass is 9.44. The number of hydrazine groups is 1. The number of hydrogen-bond donors (Lipinski definition) is 3. The number of amides is 2. The fraction of sp³-hybridized carbons (Fsp3) is 0.529. The van der Waals surface area contributed by atoms with E-state index in [1.54, 1.807) is 30.3 Å². The molecule has 9 nitrogen and oxygen atoms in total. The maximum Gasteiger partial charge on any atom is 0.280 e. The van der Waals surface area contributed by atoms with Crippen LogP contribution in [-0.2, 0) is 4.79 Å². The Morgan fingerprint density at radius 3 is 2.20 bits per heavy atom. The number of para-hydroxylation sites is 2. The molecule has 2 unspecified atom stereocenters. The number of alkyl halides is 1. The molecule has 2 amide bonds. The highest BCUT2D eigenvalue weighted by Gasteiger charge is 2.74. The third-order valence-corrected chi connectivity index (χ3v) is 11.9. The van der Waals surface area contributed by atoms with E-state index < -0.39 is 33.7 Å². The quantitative estimate of drug-likeness (QED) is 0.189. The lowest BCUT2D eigenvalue weighted by molar-refractivity contribution is -0.149. The molecule has 4 bridgehead atoms. The Bertz CT molecular complexity index is 1700. The zero-order valence-corrected chi connectivity index (χ0v) is 26.5. The zero-order chi connectivity index (χ0) is 31.2. The molecule has 2 atom stereocenters. The number of carbonyl (C=O) groups excluding carboxylic acids is 2. The largest absolute Gasteiger partial charge is 0.359 e. The second kappa shape index (κ2) is 10.0. The molecule has 44 heavy (non-hydrogen) atoms. The van der Waals surface area contributed by atoms with E-state index in [-0.39, 0.29) is 11.5 Å². The van der Waals surface area contributed by atoms with E-state index >= 15 is 4.79 Å². The first kappa shape index (κ1) is 29.3. The number of anilines is 1. The summed E-state index contributed by atoms with van der Waals surface area (Å²) in [7, 11) is 0. The molecular formula is C34H41ClN6O3. The summed E-state index contributed by atoms with van der Waals surface area (Å²) in [5.74, 6) is 7.12. The average Bonchev–Trinajstić information content (AvgIpc) is 2.98. The van der Waals surface area contributed by atoms with Crippen molar-refractivity contribution < 1.29 is 9.59 Å². The summed E-state index contributed by atoms with van der Waals surface area (Å²) in [4.78, 5) is 46.4. The summed E-state index contributed by atoms with van der Waals surface area (Å²) in [5.41, 5.74) is 2.01. The van der Waals surface area contributed by atoms with Crippen molar-refractivity contribution in [2.75, 3.05) is 10.7 Å². The van der Waals surface area contributed by atoms with Gasteiger partial charge in [-0.2, -0.15) is 0 Å². The van der Waals surface area contributed by atoms with Crippen LogP contribution in [0.2, 0.25) is 0 Å². The maximum atomic E-state index is 15.3. The first-order valence-corrected chi connectivity index (χ1v) is 16.3. The second-order valence-corrected chi connectivity index (χ2v) is 14.9. The van der Waals surface area contributed by atoms with E-state index in [0.717, 1.165) is 38.5 Å². The van der Waals surface area contributed by atoms with Crippen LogP contribution in [0.25, 0.3) is 10.9 Å². The highest BCUT2D eigenvalue weighted by Crippen LogP contribution is 2.68. The number of aromatic nitrogens is 2. The van der Waals surface area contributed by atoms with Crippen LogP contribution in [0.4, 0.5) is 5.69 Å². The number of nitrogens with one attached hydrogen (secondary N) is 2. The van der Waals surface area contributed by atoms with Crippen molar-refractivity contribution >= 4 is 40.0 Å². The minimum Gasteiger partial charge on any atom is -0.359 e. The Balaban J connectivity index is 1.46. The molecule has 8 rings (SSSR count). The summed E-state index contributed by atoms with van der Waals surface area (Å²) in [5, 5.41) is 5.16. The van der Waals surface area contributed by atoms with Crippen LogP contribution >= 0.6 is 11.6 Å². The highest BCUT2D eigenvalue weighted by atomic mass is 35.5. The fourth-order valence-electron chi connectivity index (χ4n) is 9.58. The van der Waals surface area contributed by atoms with E-state index in [1.807, 2.05) is 45.9 Å². The molecule has 10 heteroatoms. The van der Waals surface area contributed by atoms with Crippen LogP contribution in [0.3, 0.4) is 0 Å². The minimum atomic E-state index is -1.75. The van der Waals surface area contributed by atoms with Gasteiger partial charge in [0.25, 0.3) is 17.4 Å². The van der Waals surface area contributed by atoms with Crippen LogP contribution in [0, 0.1) is 29.1 Å². The van der Waals surface area contributed by atoms with Gasteiger partial charge in [-0.1, -0.05) is 52.0 Å². The Morgan fingerprint density at radius 2 is 1.59 bits per heavy atom. The lowest BCUT2D eigenvalue weighted by Crippen LogP contribution is -2.82. The van der Waals surface area contributed by atoms with Crippen molar-refractivity contribution in [2.24, 2.45) is 34.9 Å². The van der Waals surface area contributed by atoms with Gasteiger partial charge in [-0.25, -0.2) is 20.5 Å². The van der Waals surface area contributed by atoms with E-state index in [9.17, 15) is 9.59 Å². The molecule has 4 fully saturated rings. The van der Waals surface area contributed by atoms with E-state index in [0.29, 0.717) is 45.7 Å². The minimum absolute atomic E-state index is 0.178. The smallest absolute Gasteiger partial charge is 0.280 e. The van der Waals surface area contributed by atoms with Crippen molar-refractivity contribution in [3.8, 4) is 0 Å². The summed E-state index contributed by atoms with van der Waals surface area (Å²) < 4.78 is 1.26. The molecule has 1 aromatic heterocycles. The van der Waals surface area contributed by atoms with Crippen molar-refractivity contribution in [1.82, 2.24) is 14.7 Å². The molecule has 4 N–H and O–H groups in total. The number of nitrogens with zero attached hydrogens (tertiary/aromatic N) is 3. The van der Waals surface area contributed by atoms with Gasteiger partial charge in [0.1, 0.15) is 5.82 Å². The number of benzene rings is 2. The van der Waals surface area contributed by atoms with Crippen molar-refractivity contribution in [3.05, 3.63) is 70.3 Å². The molecule has 4 saturated carbocycles. The molecule has 3 aromatic rings. The number of carbonyl (C=O) groups is 2. The highest BCUT2D eigenvalue weighted by molar-refractivity contribution is 6.38. The molecule has 4 aliphatic carbocycles. The van der Waals surface area contributed by atoms with Crippen LogP contribution in [0.15, 0.2) is 53.3 Å². The molecule has 1 aliphatic heterocycles. The monoisotopic (exact) mass is 616 g/mol. The SMILES string of the molecule is CC(C)c1nc2ccccc2c(=O)n1NC(=O)C(Cl)(C12CC3CC(CC(C3)C1)C2)C1(C(C)C)Nc2ccccc2C(=O)N1N. The molecule has 232 valence electrons. The molecule has 2 heterocycles. The van der Waals surface area contributed by atoms with Crippen LogP contribution < -0.4 is 22.1 Å². The Kier molecular flexibility index (Phi) is 6.68. The van der Waals surface area contributed by atoms with Crippen LogP contribution in [0.1, 0.15) is 88.3 Å². The Hall–Kier alpha value is -3.43. The first-order chi connectivity index (χ1) is 20.9. The molecule has 0 spiro atoms. The lowest BCUT2D eigenvalue weighted by Gasteiger charge is -2.67. The van der Waals surface area contributed by atoms with Gasteiger partial charge in [0.05, 0.1) is 16.5 Å². The molecule has 0 radical (unpaired) electrons. The van der Waals surface area contributed by atoms with E-state index in [1.165, 1.54) is 9.69 Å². The average molecular weight is 617 g/mol. The predicted molar refractivity (Wildman–Crippen MR) is 172 cm³/mol. The predicted octanol–water partition coefficient (Wildman–Crippen LogP) is 5.58. The van der Waals surface area contributed by atoms with Gasteiger partial charge >= 0.3 is 0 Å². The van der Waals surface area contributed by atoms with Crippen molar-refractivity contribution in [2.45, 2.75) is 82.7 Å². The summed E-state index contributed by atoms with van der Waals surface area (Å²) in [6.45, 7) is 7.76. The maximum absolute atomic E-state index is 15.3. The van der Waals surface area contributed by atoms with Crippen LogP contribution in [0.5, 0.6) is 0 Å². The van der Waals surface area contributed by atoms with Gasteiger partial charge in [0.2, 0.25) is 0 Å². The fourth-order valence-corrected chi connectivity index (χ4v) is 10.2. The third-order valence-electron chi connectivity index (χ3n) is 11.1. The molecule has 5 aliphatic rings. The second-order valence-electron chi connectivity index (χ2n) is 14.3. The van der Waals surface area contributed by atoms with Gasteiger partial charge in [0, 0.05) is 17.0 Å². The van der Waals surface area contributed by atoms with E-state index in [2.05, 4.69) is 10.7 Å². The van der Waals surface area contributed by atoms with Gasteiger partial charge < -0.3 is 5.32 Å². The number of fused-ring (bicyclic) bond motifs is 2. The summed E-state index contributed by atoms with van der Waals surface area (Å²) >= 11 is 8.14. The number of nitrogens with two attached hydrogens (primary N) is 1. The Labute approximate surface area is 262 Å². The number of hydrogen-bond acceptors (Lipinski definition) is 6. The zero-order valence-electron chi connectivity index (χ0n) is 25.8. The van der Waals surface area contributed by atoms with Gasteiger partial charge in [0.15, 0.2) is 10.5 Å². The topological polar surface area (TPSA) is 122 Å². The molecule has 2 aromatic carbocycles.